The minimum Gasteiger partial charge on any atom is -0.456 e. The molecule has 0 radical (unpaired) electrons. The summed E-state index contributed by atoms with van der Waals surface area (Å²) >= 11 is 0. The van der Waals surface area contributed by atoms with Crippen LogP contribution < -0.4 is 0 Å². The molecule has 0 amide bonds. The summed E-state index contributed by atoms with van der Waals surface area (Å²) in [6, 6.07) is 23.6. The van der Waals surface area contributed by atoms with Crippen LogP contribution >= 0.6 is 0 Å². The fourth-order valence-electron chi connectivity index (χ4n) is 4.51. The molecule has 3 aromatic carbocycles. The van der Waals surface area contributed by atoms with Crippen LogP contribution in [0, 0.1) is 0 Å². The Morgan fingerprint density at radius 1 is 0.778 bits per heavy atom. The van der Waals surface area contributed by atoms with E-state index in [9.17, 15) is 0 Å². The van der Waals surface area contributed by atoms with Gasteiger partial charge in [-0.05, 0) is 50.1 Å². The van der Waals surface area contributed by atoms with Gasteiger partial charge in [0.2, 0.25) is 0 Å². The summed E-state index contributed by atoms with van der Waals surface area (Å²) in [5, 5.41) is 3.69. The quantitative estimate of drug-likeness (QED) is 0.322. The zero-order chi connectivity index (χ0) is 18.0. The highest BCUT2D eigenvalue weighted by atomic mass is 16.3. The minimum atomic E-state index is 0.945. The molecule has 0 unspecified atom stereocenters. The Labute approximate surface area is 157 Å². The molecule has 0 fully saturated rings. The van der Waals surface area contributed by atoms with Crippen molar-refractivity contribution in [1.82, 2.24) is 4.57 Å². The summed E-state index contributed by atoms with van der Waals surface area (Å²) in [6.45, 7) is 2.23. The van der Waals surface area contributed by atoms with E-state index in [1.807, 2.05) is 12.1 Å². The number of nitrogens with zero attached hydrogens (tertiary/aromatic N) is 1. The summed E-state index contributed by atoms with van der Waals surface area (Å²) < 4.78 is 8.46. The number of rotatable bonds is 1. The van der Waals surface area contributed by atoms with Crippen molar-refractivity contribution in [2.24, 2.45) is 0 Å². The topological polar surface area (TPSA) is 18.1 Å². The first-order valence-electron chi connectivity index (χ1n) is 9.51. The average Bonchev–Trinajstić information content (AvgIpc) is 3.23. The Morgan fingerprint density at radius 3 is 2.48 bits per heavy atom. The molecule has 1 aliphatic rings. The molecule has 0 saturated heterocycles. The largest absolute Gasteiger partial charge is 0.456 e. The number of furan rings is 1. The van der Waals surface area contributed by atoms with Gasteiger partial charge in [0.15, 0.2) is 0 Å². The number of benzene rings is 3. The van der Waals surface area contributed by atoms with E-state index in [0.717, 1.165) is 24.0 Å². The van der Waals surface area contributed by atoms with E-state index in [4.69, 9.17) is 4.42 Å². The molecule has 5 aromatic rings. The minimum absolute atomic E-state index is 0.945. The summed E-state index contributed by atoms with van der Waals surface area (Å²) in [6.07, 6.45) is 4.57. The van der Waals surface area contributed by atoms with Gasteiger partial charge in [-0.25, -0.2) is 0 Å². The molecule has 130 valence electrons. The third kappa shape index (κ3) is 2.07. The maximum atomic E-state index is 6.02. The molecule has 0 atom stereocenters. The van der Waals surface area contributed by atoms with E-state index in [2.05, 4.69) is 72.2 Å². The van der Waals surface area contributed by atoms with Gasteiger partial charge in [0.25, 0.3) is 0 Å². The Balaban J connectivity index is 1.70. The molecule has 2 heterocycles. The van der Waals surface area contributed by atoms with Gasteiger partial charge in [-0.15, -0.1) is 0 Å². The first-order chi connectivity index (χ1) is 13.3. The lowest BCUT2D eigenvalue weighted by Gasteiger charge is -2.15. The Morgan fingerprint density at radius 2 is 1.56 bits per heavy atom. The highest BCUT2D eigenvalue weighted by Gasteiger charge is 2.20. The zero-order valence-electron chi connectivity index (χ0n) is 15.2. The molecule has 0 N–H and O–H groups in total. The second kappa shape index (κ2) is 5.37. The van der Waals surface area contributed by atoms with E-state index >= 15 is 0 Å². The number of allylic oxidation sites excluding steroid dienone is 1. The summed E-state index contributed by atoms with van der Waals surface area (Å²) in [7, 11) is 0. The Hall–Kier alpha value is -3.26. The van der Waals surface area contributed by atoms with Crippen LogP contribution in [0.5, 0.6) is 0 Å². The van der Waals surface area contributed by atoms with E-state index in [1.54, 1.807) is 0 Å². The molecule has 0 bridgehead atoms. The van der Waals surface area contributed by atoms with Crippen LogP contribution in [-0.2, 0) is 6.42 Å². The summed E-state index contributed by atoms with van der Waals surface area (Å²) in [4.78, 5) is 0. The van der Waals surface area contributed by atoms with Gasteiger partial charge in [0, 0.05) is 33.1 Å². The maximum Gasteiger partial charge on any atom is 0.135 e. The Kier molecular flexibility index (Phi) is 2.96. The number of hydrogen-bond acceptors (Lipinski definition) is 1. The third-order valence-electron chi connectivity index (χ3n) is 5.78. The van der Waals surface area contributed by atoms with Crippen molar-refractivity contribution in [3.8, 4) is 5.69 Å². The molecule has 2 heteroatoms. The van der Waals surface area contributed by atoms with Gasteiger partial charge in [-0.3, -0.25) is 0 Å². The van der Waals surface area contributed by atoms with Crippen LogP contribution in [-0.4, -0.2) is 4.57 Å². The van der Waals surface area contributed by atoms with E-state index in [-0.39, 0.29) is 0 Å². The zero-order valence-corrected chi connectivity index (χ0v) is 15.2. The normalized spacial score (nSPS) is 14.0. The molecule has 2 nitrogen and oxygen atoms in total. The Bertz CT molecular complexity index is 1380. The van der Waals surface area contributed by atoms with Crippen LogP contribution in [0.15, 0.2) is 76.7 Å². The summed E-state index contributed by atoms with van der Waals surface area (Å²) in [5.74, 6) is 0. The van der Waals surface area contributed by atoms with Crippen molar-refractivity contribution >= 4 is 38.9 Å². The molecule has 0 saturated carbocycles. The first kappa shape index (κ1) is 14.9. The second-order valence-electron chi connectivity index (χ2n) is 7.48. The van der Waals surface area contributed by atoms with Crippen LogP contribution in [0.25, 0.3) is 44.6 Å². The number of aromatic nitrogens is 1. The lowest BCUT2D eigenvalue weighted by Crippen LogP contribution is -2.04. The highest BCUT2D eigenvalue weighted by Crippen LogP contribution is 2.37. The molecule has 0 spiro atoms. The summed E-state index contributed by atoms with van der Waals surface area (Å²) in [5.41, 5.74) is 8.63. The maximum absolute atomic E-state index is 6.02. The molecule has 0 aliphatic heterocycles. The van der Waals surface area contributed by atoms with Crippen molar-refractivity contribution in [2.45, 2.75) is 19.8 Å². The number of para-hydroxylation sites is 2. The standard InChI is InChI=1S/C25H19NO/c1-16-10-12-23-20(14-16)18-6-2-4-8-22(18)26(23)17-11-13-25-21(15-17)19-7-3-5-9-24(19)27-25/h2-9,11,13-15H,10,12H2,1H3. The smallest absolute Gasteiger partial charge is 0.135 e. The number of hydrogen-bond donors (Lipinski definition) is 0. The van der Waals surface area contributed by atoms with Gasteiger partial charge < -0.3 is 8.98 Å². The molecule has 2 aromatic heterocycles. The third-order valence-corrected chi connectivity index (χ3v) is 5.78. The van der Waals surface area contributed by atoms with Crippen molar-refractivity contribution in [3.05, 3.63) is 83.6 Å². The average molecular weight is 349 g/mol. The van der Waals surface area contributed by atoms with Crippen LogP contribution in [0.2, 0.25) is 0 Å². The predicted octanol–water partition coefficient (Wildman–Crippen LogP) is 6.88. The van der Waals surface area contributed by atoms with Crippen molar-refractivity contribution in [2.75, 3.05) is 0 Å². The van der Waals surface area contributed by atoms with Gasteiger partial charge >= 0.3 is 0 Å². The predicted molar refractivity (Wildman–Crippen MR) is 113 cm³/mol. The van der Waals surface area contributed by atoms with Gasteiger partial charge in [0.05, 0.1) is 5.52 Å². The van der Waals surface area contributed by atoms with E-state index < -0.39 is 0 Å². The molecule has 27 heavy (non-hydrogen) atoms. The SMILES string of the molecule is CC1=Cc2c(n(-c3ccc4oc5ccccc5c4c3)c3ccccc23)CC1. The van der Waals surface area contributed by atoms with Gasteiger partial charge in [-0.2, -0.15) is 0 Å². The monoisotopic (exact) mass is 349 g/mol. The van der Waals surface area contributed by atoms with Gasteiger partial charge in [-0.1, -0.05) is 48.0 Å². The molecular weight excluding hydrogens is 330 g/mol. The fraction of sp³-hybridized carbons (Fsp3) is 0.120. The van der Waals surface area contributed by atoms with Crippen molar-refractivity contribution < 1.29 is 4.42 Å². The number of fused-ring (bicyclic) bond motifs is 6. The van der Waals surface area contributed by atoms with Gasteiger partial charge in [0.1, 0.15) is 11.2 Å². The van der Waals surface area contributed by atoms with E-state index in [0.29, 0.717) is 0 Å². The lowest BCUT2D eigenvalue weighted by molar-refractivity contribution is 0.669. The first-order valence-corrected chi connectivity index (χ1v) is 9.51. The lowest BCUT2D eigenvalue weighted by atomic mass is 9.97. The van der Waals surface area contributed by atoms with Crippen LogP contribution in [0.3, 0.4) is 0 Å². The van der Waals surface area contributed by atoms with Crippen molar-refractivity contribution in [3.63, 3.8) is 0 Å². The fourth-order valence-corrected chi connectivity index (χ4v) is 4.51. The highest BCUT2D eigenvalue weighted by molar-refractivity contribution is 6.05. The van der Waals surface area contributed by atoms with Crippen LogP contribution in [0.4, 0.5) is 0 Å². The van der Waals surface area contributed by atoms with Crippen LogP contribution in [0.1, 0.15) is 24.6 Å². The van der Waals surface area contributed by atoms with Crippen molar-refractivity contribution in [1.29, 1.82) is 0 Å². The second-order valence-corrected chi connectivity index (χ2v) is 7.48. The molecule has 6 rings (SSSR count). The molecule has 1 aliphatic carbocycles. The van der Waals surface area contributed by atoms with E-state index in [1.165, 1.54) is 44.2 Å². The molecular formula is C25H19NO.